The van der Waals surface area contributed by atoms with Crippen LogP contribution < -0.4 is 0 Å². The first-order valence-corrected chi connectivity index (χ1v) is 6.20. The highest BCUT2D eigenvalue weighted by Crippen LogP contribution is 2.15. The van der Waals surface area contributed by atoms with Gasteiger partial charge in [0.05, 0.1) is 11.8 Å². The lowest BCUT2D eigenvalue weighted by atomic mass is 10.1. The van der Waals surface area contributed by atoms with Gasteiger partial charge in [-0.05, 0) is 18.9 Å². The van der Waals surface area contributed by atoms with Crippen molar-refractivity contribution in [2.45, 2.75) is 32.1 Å². The van der Waals surface area contributed by atoms with Crippen molar-refractivity contribution >= 4 is 5.91 Å². The Balaban J connectivity index is 2.07. The van der Waals surface area contributed by atoms with Gasteiger partial charge < -0.3 is 10.0 Å². The summed E-state index contributed by atoms with van der Waals surface area (Å²) in [4.78, 5) is 17.9. The second-order valence-corrected chi connectivity index (χ2v) is 4.49. The van der Waals surface area contributed by atoms with Crippen LogP contribution in [0.25, 0.3) is 0 Å². The zero-order chi connectivity index (χ0) is 12.1. The van der Waals surface area contributed by atoms with Crippen molar-refractivity contribution in [1.82, 2.24) is 9.88 Å². The number of carbonyl (C=O) groups is 1. The molecule has 0 aromatic carbocycles. The number of aromatic nitrogens is 1. The van der Waals surface area contributed by atoms with E-state index >= 15 is 0 Å². The Morgan fingerprint density at radius 1 is 1.12 bits per heavy atom. The Bertz CT molecular complexity index is 385. The molecule has 1 amide bonds. The van der Waals surface area contributed by atoms with Gasteiger partial charge in [-0.3, -0.25) is 9.78 Å². The third kappa shape index (κ3) is 3.19. The first-order valence-electron chi connectivity index (χ1n) is 6.20. The van der Waals surface area contributed by atoms with Crippen LogP contribution in [0.4, 0.5) is 0 Å². The fourth-order valence-corrected chi connectivity index (χ4v) is 2.18. The molecule has 0 saturated carbocycles. The number of likely N-dealkylation sites (tertiary alicyclic amines) is 1. The summed E-state index contributed by atoms with van der Waals surface area (Å²) in [5.41, 5.74) is 0.477. The first-order chi connectivity index (χ1) is 8.27. The van der Waals surface area contributed by atoms with Gasteiger partial charge in [-0.2, -0.15) is 0 Å². The SMILES string of the molecule is O=C(c1cncc(O)c1)N1CCCCCCC1. The number of hydrogen-bond acceptors (Lipinski definition) is 3. The normalized spacial score (nSPS) is 17.3. The second kappa shape index (κ2) is 5.66. The molecule has 1 fully saturated rings. The predicted octanol–water partition coefficient (Wildman–Crippen LogP) is 2.19. The van der Waals surface area contributed by atoms with Gasteiger partial charge in [0.1, 0.15) is 5.75 Å². The molecular weight excluding hydrogens is 216 g/mol. The van der Waals surface area contributed by atoms with Crippen LogP contribution in [0.2, 0.25) is 0 Å². The molecule has 17 heavy (non-hydrogen) atoms. The summed E-state index contributed by atoms with van der Waals surface area (Å²) in [5.74, 6) is 0.0261. The summed E-state index contributed by atoms with van der Waals surface area (Å²) in [5, 5.41) is 9.33. The molecule has 2 rings (SSSR count). The van der Waals surface area contributed by atoms with Crippen LogP contribution in [-0.4, -0.2) is 34.0 Å². The monoisotopic (exact) mass is 234 g/mol. The number of amides is 1. The van der Waals surface area contributed by atoms with Crippen LogP contribution in [0, 0.1) is 0 Å². The molecule has 1 saturated heterocycles. The van der Waals surface area contributed by atoms with Gasteiger partial charge in [-0.1, -0.05) is 19.3 Å². The van der Waals surface area contributed by atoms with E-state index in [0.29, 0.717) is 5.56 Å². The van der Waals surface area contributed by atoms with Crippen LogP contribution in [0.5, 0.6) is 5.75 Å². The fraction of sp³-hybridized carbons (Fsp3) is 0.538. The number of pyridine rings is 1. The molecular formula is C13H18N2O2. The fourth-order valence-electron chi connectivity index (χ4n) is 2.18. The van der Waals surface area contributed by atoms with Crippen LogP contribution in [0.1, 0.15) is 42.5 Å². The minimum absolute atomic E-state index is 0.0182. The topological polar surface area (TPSA) is 53.4 Å². The number of rotatable bonds is 1. The highest BCUT2D eigenvalue weighted by Gasteiger charge is 2.17. The van der Waals surface area contributed by atoms with Gasteiger partial charge in [0.15, 0.2) is 0 Å². The number of nitrogens with zero attached hydrogens (tertiary/aromatic N) is 2. The van der Waals surface area contributed by atoms with Gasteiger partial charge in [0.2, 0.25) is 0 Å². The van der Waals surface area contributed by atoms with Gasteiger partial charge in [-0.25, -0.2) is 0 Å². The molecule has 92 valence electrons. The molecule has 0 aliphatic carbocycles. The molecule has 0 radical (unpaired) electrons. The molecule has 1 aromatic heterocycles. The molecule has 0 spiro atoms. The standard InChI is InChI=1S/C13H18N2O2/c16-12-8-11(9-14-10-12)13(17)15-6-4-2-1-3-5-7-15/h8-10,16H,1-7H2. The Morgan fingerprint density at radius 3 is 2.41 bits per heavy atom. The summed E-state index contributed by atoms with van der Waals surface area (Å²) < 4.78 is 0. The Labute approximate surface area is 101 Å². The van der Waals surface area contributed by atoms with Crippen LogP contribution >= 0.6 is 0 Å². The zero-order valence-electron chi connectivity index (χ0n) is 9.93. The maximum Gasteiger partial charge on any atom is 0.255 e. The quantitative estimate of drug-likeness (QED) is 0.810. The van der Waals surface area contributed by atoms with E-state index in [-0.39, 0.29) is 11.7 Å². The molecule has 0 unspecified atom stereocenters. The molecule has 2 heterocycles. The minimum Gasteiger partial charge on any atom is -0.506 e. The van der Waals surface area contributed by atoms with E-state index in [1.807, 2.05) is 4.90 Å². The Morgan fingerprint density at radius 2 is 1.76 bits per heavy atom. The molecule has 4 heteroatoms. The average Bonchev–Trinajstić information content (AvgIpc) is 2.28. The van der Waals surface area contributed by atoms with Crippen molar-refractivity contribution in [3.05, 3.63) is 24.0 Å². The molecule has 0 atom stereocenters. The first kappa shape index (κ1) is 11.9. The van der Waals surface area contributed by atoms with Crippen molar-refractivity contribution in [3.8, 4) is 5.75 Å². The van der Waals surface area contributed by atoms with Crippen LogP contribution in [0.15, 0.2) is 18.5 Å². The molecule has 1 N–H and O–H groups in total. The van der Waals surface area contributed by atoms with Gasteiger partial charge >= 0.3 is 0 Å². The third-order valence-corrected chi connectivity index (χ3v) is 3.11. The van der Waals surface area contributed by atoms with E-state index in [1.165, 1.54) is 37.7 Å². The summed E-state index contributed by atoms with van der Waals surface area (Å²) in [6, 6.07) is 1.48. The highest BCUT2D eigenvalue weighted by atomic mass is 16.3. The molecule has 0 bridgehead atoms. The summed E-state index contributed by atoms with van der Waals surface area (Å²) in [6.07, 6.45) is 8.65. The maximum atomic E-state index is 12.2. The van der Waals surface area contributed by atoms with Crippen LogP contribution in [-0.2, 0) is 0 Å². The zero-order valence-corrected chi connectivity index (χ0v) is 9.93. The minimum atomic E-state index is -0.0182. The van der Waals surface area contributed by atoms with E-state index in [9.17, 15) is 9.90 Å². The smallest absolute Gasteiger partial charge is 0.255 e. The molecule has 4 nitrogen and oxygen atoms in total. The van der Waals surface area contributed by atoms with Crippen LogP contribution in [0.3, 0.4) is 0 Å². The van der Waals surface area contributed by atoms with E-state index in [4.69, 9.17) is 0 Å². The van der Waals surface area contributed by atoms with E-state index < -0.39 is 0 Å². The summed E-state index contributed by atoms with van der Waals surface area (Å²) in [6.45, 7) is 1.63. The molecule has 1 aromatic rings. The van der Waals surface area contributed by atoms with E-state index in [2.05, 4.69) is 4.98 Å². The largest absolute Gasteiger partial charge is 0.506 e. The number of carbonyl (C=O) groups excluding carboxylic acids is 1. The van der Waals surface area contributed by atoms with Gasteiger partial charge in [0, 0.05) is 19.3 Å². The predicted molar refractivity (Wildman–Crippen MR) is 64.9 cm³/mol. The van der Waals surface area contributed by atoms with Gasteiger partial charge in [0.25, 0.3) is 5.91 Å². The molecule has 1 aliphatic rings. The highest BCUT2D eigenvalue weighted by molar-refractivity contribution is 5.94. The third-order valence-electron chi connectivity index (χ3n) is 3.11. The van der Waals surface area contributed by atoms with Crippen molar-refractivity contribution < 1.29 is 9.90 Å². The maximum absolute atomic E-state index is 12.2. The Hall–Kier alpha value is -1.58. The van der Waals surface area contributed by atoms with Gasteiger partial charge in [-0.15, -0.1) is 0 Å². The number of aromatic hydroxyl groups is 1. The van der Waals surface area contributed by atoms with E-state index in [0.717, 1.165) is 25.9 Å². The van der Waals surface area contributed by atoms with Crippen molar-refractivity contribution in [1.29, 1.82) is 0 Å². The summed E-state index contributed by atoms with van der Waals surface area (Å²) in [7, 11) is 0. The van der Waals surface area contributed by atoms with Crippen molar-refractivity contribution in [2.24, 2.45) is 0 Å². The summed E-state index contributed by atoms with van der Waals surface area (Å²) >= 11 is 0. The van der Waals surface area contributed by atoms with Crippen molar-refractivity contribution in [3.63, 3.8) is 0 Å². The average molecular weight is 234 g/mol. The van der Waals surface area contributed by atoms with Crippen molar-refractivity contribution in [2.75, 3.05) is 13.1 Å². The lowest BCUT2D eigenvalue weighted by molar-refractivity contribution is 0.0741. The lowest BCUT2D eigenvalue weighted by Crippen LogP contribution is -2.33. The second-order valence-electron chi connectivity index (χ2n) is 4.49. The van der Waals surface area contributed by atoms with E-state index in [1.54, 1.807) is 0 Å². The molecule has 1 aliphatic heterocycles. The Kier molecular flexibility index (Phi) is 3.96. The number of hydrogen-bond donors (Lipinski definition) is 1. The lowest BCUT2D eigenvalue weighted by Gasteiger charge is -2.24.